The minimum absolute atomic E-state index is 0.131. The Balaban J connectivity index is 2.03. The average Bonchev–Trinajstić information content (AvgIpc) is 2.81. The topological polar surface area (TPSA) is 75.6 Å². The number of carbonyl (C=O) groups excluding carboxylic acids is 1. The summed E-state index contributed by atoms with van der Waals surface area (Å²) in [6.45, 7) is 4.24. The lowest BCUT2D eigenvalue weighted by atomic mass is 10.2. The number of rotatable bonds is 3. The summed E-state index contributed by atoms with van der Waals surface area (Å²) >= 11 is 0. The van der Waals surface area contributed by atoms with E-state index in [0.29, 0.717) is 12.2 Å². The van der Waals surface area contributed by atoms with Crippen LogP contribution in [0.1, 0.15) is 27.4 Å². The molecule has 2 aromatic heterocycles. The molecule has 2 aromatic rings. The molecule has 0 spiro atoms. The Labute approximate surface area is 99.0 Å². The fourth-order valence-corrected chi connectivity index (χ4v) is 1.64. The zero-order valence-corrected chi connectivity index (χ0v) is 10.1. The van der Waals surface area contributed by atoms with Crippen LogP contribution in [0.5, 0.6) is 0 Å². The largest absolute Gasteiger partial charge is 0.347 e. The number of aryl methyl sites for hydroxylation is 3. The molecule has 0 saturated carbocycles. The molecule has 2 heterocycles. The standard InChI is InChI=1S/C11H15N5O/c1-7-4-10(16(3)15-7)11(17)12-5-9-6-13-14-8(9)2/h4,6H,5H2,1-3H3,(H,12,17)(H,13,14). The van der Waals surface area contributed by atoms with E-state index in [1.165, 1.54) is 0 Å². The quantitative estimate of drug-likeness (QED) is 0.819. The van der Waals surface area contributed by atoms with Crippen molar-refractivity contribution in [2.45, 2.75) is 20.4 Å². The van der Waals surface area contributed by atoms with Gasteiger partial charge in [-0.15, -0.1) is 0 Å². The maximum Gasteiger partial charge on any atom is 0.269 e. The molecule has 2 rings (SSSR count). The number of hydrogen-bond donors (Lipinski definition) is 2. The van der Waals surface area contributed by atoms with Crippen molar-refractivity contribution >= 4 is 5.91 Å². The Morgan fingerprint density at radius 3 is 2.82 bits per heavy atom. The molecule has 0 atom stereocenters. The van der Waals surface area contributed by atoms with Gasteiger partial charge in [0.15, 0.2) is 0 Å². The first kappa shape index (κ1) is 11.4. The highest BCUT2D eigenvalue weighted by Crippen LogP contribution is 2.04. The molecule has 0 aliphatic rings. The van der Waals surface area contributed by atoms with Crippen LogP contribution in [0.2, 0.25) is 0 Å². The fraction of sp³-hybridized carbons (Fsp3) is 0.364. The van der Waals surface area contributed by atoms with Crippen molar-refractivity contribution in [2.75, 3.05) is 0 Å². The van der Waals surface area contributed by atoms with Crippen LogP contribution in [0.25, 0.3) is 0 Å². The summed E-state index contributed by atoms with van der Waals surface area (Å²) in [5.74, 6) is -0.131. The van der Waals surface area contributed by atoms with Crippen molar-refractivity contribution in [2.24, 2.45) is 7.05 Å². The number of aromatic amines is 1. The number of H-pyrrole nitrogens is 1. The van der Waals surface area contributed by atoms with E-state index in [9.17, 15) is 4.79 Å². The first-order chi connectivity index (χ1) is 8.08. The molecule has 0 aliphatic heterocycles. The normalized spacial score (nSPS) is 10.5. The Hall–Kier alpha value is -2.11. The van der Waals surface area contributed by atoms with Crippen LogP contribution in [0, 0.1) is 13.8 Å². The molecular formula is C11H15N5O. The lowest BCUT2D eigenvalue weighted by Gasteiger charge is -2.04. The van der Waals surface area contributed by atoms with Gasteiger partial charge < -0.3 is 5.32 Å². The lowest BCUT2D eigenvalue weighted by Crippen LogP contribution is -2.25. The first-order valence-corrected chi connectivity index (χ1v) is 5.35. The molecule has 0 fully saturated rings. The monoisotopic (exact) mass is 233 g/mol. The molecule has 1 amide bonds. The number of carbonyl (C=O) groups is 1. The highest BCUT2D eigenvalue weighted by Gasteiger charge is 2.11. The molecule has 0 aliphatic carbocycles. The van der Waals surface area contributed by atoms with Crippen LogP contribution in [0.15, 0.2) is 12.3 Å². The third-order valence-electron chi connectivity index (χ3n) is 2.61. The maximum atomic E-state index is 11.9. The van der Waals surface area contributed by atoms with Gasteiger partial charge in [0.05, 0.1) is 11.9 Å². The van der Waals surface area contributed by atoms with Crippen LogP contribution in [0.3, 0.4) is 0 Å². The van der Waals surface area contributed by atoms with Gasteiger partial charge in [-0.1, -0.05) is 0 Å². The Bertz CT molecular complexity index is 540. The van der Waals surface area contributed by atoms with Crippen molar-refractivity contribution < 1.29 is 4.79 Å². The highest BCUT2D eigenvalue weighted by atomic mass is 16.2. The molecule has 0 unspecified atom stereocenters. The van der Waals surface area contributed by atoms with E-state index in [-0.39, 0.29) is 5.91 Å². The van der Waals surface area contributed by atoms with Gasteiger partial charge in [-0.25, -0.2) is 0 Å². The molecule has 0 aromatic carbocycles. The highest BCUT2D eigenvalue weighted by molar-refractivity contribution is 5.92. The third kappa shape index (κ3) is 2.35. The summed E-state index contributed by atoms with van der Waals surface area (Å²) in [4.78, 5) is 11.9. The lowest BCUT2D eigenvalue weighted by molar-refractivity contribution is 0.0941. The smallest absolute Gasteiger partial charge is 0.269 e. The van der Waals surface area contributed by atoms with Gasteiger partial charge >= 0.3 is 0 Å². The number of nitrogens with one attached hydrogen (secondary N) is 2. The van der Waals surface area contributed by atoms with E-state index >= 15 is 0 Å². The summed E-state index contributed by atoms with van der Waals surface area (Å²) in [6.07, 6.45) is 1.71. The summed E-state index contributed by atoms with van der Waals surface area (Å²) in [5, 5.41) is 13.7. The van der Waals surface area contributed by atoms with Gasteiger partial charge in [-0.2, -0.15) is 10.2 Å². The van der Waals surface area contributed by atoms with Crippen molar-refractivity contribution in [1.82, 2.24) is 25.3 Å². The minimum Gasteiger partial charge on any atom is -0.347 e. The molecule has 0 bridgehead atoms. The molecule has 0 saturated heterocycles. The van der Waals surface area contributed by atoms with E-state index in [4.69, 9.17) is 0 Å². The van der Waals surface area contributed by atoms with Gasteiger partial charge in [0.1, 0.15) is 5.69 Å². The molecule has 90 valence electrons. The number of amides is 1. The second-order valence-electron chi connectivity index (χ2n) is 4.00. The predicted molar refractivity (Wildman–Crippen MR) is 62.4 cm³/mol. The predicted octanol–water partition coefficient (Wildman–Crippen LogP) is 0.690. The van der Waals surface area contributed by atoms with Gasteiger partial charge in [0.25, 0.3) is 5.91 Å². The SMILES string of the molecule is Cc1cc(C(=O)NCc2cn[nH]c2C)n(C)n1. The van der Waals surface area contributed by atoms with E-state index in [1.807, 2.05) is 13.8 Å². The summed E-state index contributed by atoms with van der Waals surface area (Å²) in [6, 6.07) is 1.76. The van der Waals surface area contributed by atoms with Crippen molar-refractivity contribution in [3.8, 4) is 0 Å². The molecule has 6 nitrogen and oxygen atoms in total. The summed E-state index contributed by atoms with van der Waals surface area (Å²) in [7, 11) is 1.75. The second-order valence-corrected chi connectivity index (χ2v) is 4.00. The van der Waals surface area contributed by atoms with Gasteiger partial charge in [-0.3, -0.25) is 14.6 Å². The Kier molecular flexibility index (Phi) is 2.95. The van der Waals surface area contributed by atoms with Crippen LogP contribution in [-0.2, 0) is 13.6 Å². The summed E-state index contributed by atoms with van der Waals surface area (Å²) < 4.78 is 1.58. The molecule has 0 radical (unpaired) electrons. The van der Waals surface area contributed by atoms with Crippen molar-refractivity contribution in [1.29, 1.82) is 0 Å². The zero-order valence-electron chi connectivity index (χ0n) is 10.1. The summed E-state index contributed by atoms with van der Waals surface area (Å²) in [5.41, 5.74) is 3.34. The van der Waals surface area contributed by atoms with Gasteiger partial charge in [0, 0.05) is 24.8 Å². The maximum absolute atomic E-state index is 11.9. The van der Waals surface area contributed by atoms with E-state index in [2.05, 4.69) is 20.6 Å². The molecular weight excluding hydrogens is 218 g/mol. The molecule has 17 heavy (non-hydrogen) atoms. The number of nitrogens with zero attached hydrogens (tertiary/aromatic N) is 3. The Morgan fingerprint density at radius 1 is 1.53 bits per heavy atom. The van der Waals surface area contributed by atoms with Gasteiger partial charge in [0.2, 0.25) is 0 Å². The van der Waals surface area contributed by atoms with Crippen LogP contribution < -0.4 is 5.32 Å². The van der Waals surface area contributed by atoms with Crippen LogP contribution in [0.4, 0.5) is 0 Å². The number of aromatic nitrogens is 4. The van der Waals surface area contributed by atoms with E-state index < -0.39 is 0 Å². The van der Waals surface area contributed by atoms with Crippen molar-refractivity contribution in [3.63, 3.8) is 0 Å². The van der Waals surface area contributed by atoms with E-state index in [0.717, 1.165) is 17.0 Å². The van der Waals surface area contributed by atoms with Crippen LogP contribution >= 0.6 is 0 Å². The molecule has 2 N–H and O–H groups in total. The average molecular weight is 233 g/mol. The van der Waals surface area contributed by atoms with Gasteiger partial charge in [-0.05, 0) is 19.9 Å². The van der Waals surface area contributed by atoms with Crippen molar-refractivity contribution in [3.05, 3.63) is 34.9 Å². The first-order valence-electron chi connectivity index (χ1n) is 5.35. The number of hydrogen-bond acceptors (Lipinski definition) is 3. The second kappa shape index (κ2) is 4.40. The Morgan fingerprint density at radius 2 is 2.29 bits per heavy atom. The zero-order chi connectivity index (χ0) is 12.4. The fourth-order valence-electron chi connectivity index (χ4n) is 1.64. The van der Waals surface area contributed by atoms with E-state index in [1.54, 1.807) is 24.0 Å². The third-order valence-corrected chi connectivity index (χ3v) is 2.61. The van der Waals surface area contributed by atoms with Crippen LogP contribution in [-0.4, -0.2) is 25.9 Å². The molecule has 6 heteroatoms. The minimum atomic E-state index is -0.131.